The minimum absolute atomic E-state index is 0.111. The van der Waals surface area contributed by atoms with Crippen LogP contribution >= 0.6 is 15.9 Å². The predicted octanol–water partition coefficient (Wildman–Crippen LogP) is 3.28. The number of rotatable bonds is 4. The first-order valence-electron chi connectivity index (χ1n) is 5.72. The summed E-state index contributed by atoms with van der Waals surface area (Å²) in [6.07, 6.45) is 0. The van der Waals surface area contributed by atoms with Crippen LogP contribution in [-0.2, 0) is 11.3 Å². The zero-order valence-electron chi connectivity index (χ0n) is 10.9. The molecule has 0 saturated carbocycles. The summed E-state index contributed by atoms with van der Waals surface area (Å²) in [4.78, 5) is 12.0. The van der Waals surface area contributed by atoms with Crippen LogP contribution in [0.15, 0.2) is 27.2 Å². The molecule has 20 heavy (non-hydrogen) atoms. The number of nitrogens with one attached hydrogen (secondary N) is 1. The van der Waals surface area contributed by atoms with Gasteiger partial charge in [-0.2, -0.15) is 0 Å². The molecule has 2 rings (SSSR count). The molecule has 0 unspecified atom stereocenters. The van der Waals surface area contributed by atoms with Gasteiger partial charge < -0.3 is 14.6 Å². The molecule has 0 radical (unpaired) electrons. The quantitative estimate of drug-likeness (QED) is 0.925. The summed E-state index contributed by atoms with van der Waals surface area (Å²) in [5.41, 5.74) is 1.22. The molecule has 1 amide bonds. The van der Waals surface area contributed by atoms with Crippen LogP contribution in [0.4, 0.5) is 10.1 Å². The van der Waals surface area contributed by atoms with Crippen LogP contribution in [-0.4, -0.2) is 18.2 Å². The summed E-state index contributed by atoms with van der Waals surface area (Å²) in [6, 6.07) is 4.31. The first kappa shape index (κ1) is 14.7. The van der Waals surface area contributed by atoms with Crippen molar-refractivity contribution >= 4 is 27.5 Å². The number of carbonyl (C=O) groups is 1. The lowest BCUT2D eigenvalue weighted by Crippen LogP contribution is -2.13. The fourth-order valence-corrected chi connectivity index (χ4v) is 2.06. The molecule has 5 nitrogen and oxygen atoms in total. The monoisotopic (exact) mass is 342 g/mol. The van der Waals surface area contributed by atoms with Crippen LogP contribution in [0.5, 0.6) is 0 Å². The van der Waals surface area contributed by atoms with Gasteiger partial charge in [-0.25, -0.2) is 4.39 Å². The van der Waals surface area contributed by atoms with E-state index in [1.807, 2.05) is 0 Å². The number of hydrogen-bond acceptors (Lipinski definition) is 4. The number of hydrogen-bond donors (Lipinski definition) is 1. The van der Waals surface area contributed by atoms with Crippen molar-refractivity contribution in [3.63, 3.8) is 0 Å². The normalized spacial score (nSPS) is 10.6. The summed E-state index contributed by atoms with van der Waals surface area (Å²) >= 11 is 3.08. The Morgan fingerprint density at radius 1 is 1.50 bits per heavy atom. The van der Waals surface area contributed by atoms with Gasteiger partial charge in [-0.3, -0.25) is 4.79 Å². The molecule has 1 heterocycles. The summed E-state index contributed by atoms with van der Waals surface area (Å²) in [7, 11) is 1.51. The number of nitrogens with zero attached hydrogens (tertiary/aromatic N) is 1. The molecule has 0 bridgehead atoms. The molecule has 1 aromatic carbocycles. The van der Waals surface area contributed by atoms with Gasteiger partial charge in [0.2, 0.25) is 0 Å². The van der Waals surface area contributed by atoms with E-state index in [-0.39, 0.29) is 12.3 Å². The third kappa shape index (κ3) is 3.23. The predicted molar refractivity (Wildman–Crippen MR) is 74.0 cm³/mol. The number of ether oxygens (including phenoxy) is 1. The van der Waals surface area contributed by atoms with E-state index in [0.717, 1.165) is 5.56 Å². The van der Waals surface area contributed by atoms with Gasteiger partial charge in [-0.15, -0.1) is 0 Å². The molecule has 106 valence electrons. The Bertz CT molecular complexity index is 643. The van der Waals surface area contributed by atoms with Gasteiger partial charge in [0.25, 0.3) is 5.91 Å². The number of benzene rings is 1. The highest BCUT2D eigenvalue weighted by Gasteiger charge is 2.14. The van der Waals surface area contributed by atoms with E-state index in [9.17, 15) is 9.18 Å². The smallest absolute Gasteiger partial charge is 0.277 e. The largest absolute Gasteiger partial charge is 0.377 e. The van der Waals surface area contributed by atoms with E-state index in [0.29, 0.717) is 15.9 Å². The van der Waals surface area contributed by atoms with E-state index in [2.05, 4.69) is 26.4 Å². The third-order valence-corrected chi connectivity index (χ3v) is 3.20. The highest BCUT2D eigenvalue weighted by molar-refractivity contribution is 9.10. The molecular formula is C13H12BrFN2O3. The van der Waals surface area contributed by atoms with Crippen molar-refractivity contribution in [3.05, 3.63) is 45.5 Å². The first-order chi connectivity index (χ1) is 9.51. The van der Waals surface area contributed by atoms with Crippen LogP contribution in [0.25, 0.3) is 0 Å². The van der Waals surface area contributed by atoms with Crippen molar-refractivity contribution in [3.8, 4) is 0 Å². The Morgan fingerprint density at radius 3 is 2.95 bits per heavy atom. The molecule has 1 aromatic heterocycles. The molecule has 0 spiro atoms. The lowest BCUT2D eigenvalue weighted by Gasteiger charge is -2.08. The molecular weight excluding hydrogens is 331 g/mol. The maximum absolute atomic E-state index is 13.5. The van der Waals surface area contributed by atoms with Crippen molar-refractivity contribution in [2.45, 2.75) is 13.5 Å². The molecule has 1 N–H and O–H groups in total. The van der Waals surface area contributed by atoms with Crippen LogP contribution in [0, 0.1) is 12.7 Å². The van der Waals surface area contributed by atoms with Crippen molar-refractivity contribution in [1.82, 2.24) is 5.16 Å². The highest BCUT2D eigenvalue weighted by atomic mass is 79.9. The maximum Gasteiger partial charge on any atom is 0.277 e. The van der Waals surface area contributed by atoms with E-state index in [1.165, 1.54) is 19.2 Å². The van der Waals surface area contributed by atoms with Crippen LogP contribution in [0.1, 0.15) is 21.8 Å². The molecule has 0 aliphatic rings. The van der Waals surface area contributed by atoms with Crippen molar-refractivity contribution in [2.24, 2.45) is 0 Å². The SMILES string of the molecule is COCc1cc(C(=O)Nc2cc(F)c(Br)cc2C)no1. The van der Waals surface area contributed by atoms with Gasteiger partial charge in [-0.1, -0.05) is 5.16 Å². The van der Waals surface area contributed by atoms with Gasteiger partial charge in [-0.05, 0) is 40.5 Å². The molecule has 0 aliphatic heterocycles. The number of halogens is 2. The summed E-state index contributed by atoms with van der Waals surface area (Å²) in [5, 5.41) is 6.22. The molecule has 7 heteroatoms. The second-order valence-electron chi connectivity index (χ2n) is 4.15. The molecule has 0 aliphatic carbocycles. The van der Waals surface area contributed by atoms with Gasteiger partial charge >= 0.3 is 0 Å². The van der Waals surface area contributed by atoms with Gasteiger partial charge in [0, 0.05) is 18.9 Å². The number of aromatic nitrogens is 1. The van der Waals surface area contributed by atoms with Crippen molar-refractivity contribution in [2.75, 3.05) is 12.4 Å². The second-order valence-corrected chi connectivity index (χ2v) is 5.00. The standard InChI is InChI=1S/C13H12BrFN2O3/c1-7-3-9(14)10(15)5-11(7)16-13(18)12-4-8(6-19-2)20-17-12/h3-5H,6H2,1-2H3,(H,16,18). The Morgan fingerprint density at radius 2 is 2.25 bits per heavy atom. The number of anilines is 1. The van der Waals surface area contributed by atoms with E-state index < -0.39 is 11.7 Å². The van der Waals surface area contributed by atoms with Gasteiger partial charge in [0.15, 0.2) is 11.5 Å². The van der Waals surface area contributed by atoms with Gasteiger partial charge in [0.05, 0.1) is 4.47 Å². The minimum Gasteiger partial charge on any atom is -0.377 e. The van der Waals surface area contributed by atoms with Crippen LogP contribution in [0.3, 0.4) is 0 Å². The second kappa shape index (κ2) is 6.15. The summed E-state index contributed by atoms with van der Waals surface area (Å²) in [5.74, 6) is -0.483. The molecule has 0 fully saturated rings. The zero-order chi connectivity index (χ0) is 14.7. The summed E-state index contributed by atoms with van der Waals surface area (Å²) < 4.78 is 23.6. The van der Waals surface area contributed by atoms with Crippen molar-refractivity contribution < 1.29 is 18.4 Å². The average molecular weight is 343 g/mol. The lowest BCUT2D eigenvalue weighted by molar-refractivity contribution is 0.101. The number of carbonyl (C=O) groups excluding carboxylic acids is 1. The highest BCUT2D eigenvalue weighted by Crippen LogP contribution is 2.24. The van der Waals surface area contributed by atoms with E-state index in [4.69, 9.17) is 9.26 Å². The number of aryl methyl sites for hydroxylation is 1. The zero-order valence-corrected chi connectivity index (χ0v) is 12.5. The third-order valence-electron chi connectivity index (χ3n) is 2.59. The fraction of sp³-hybridized carbons (Fsp3) is 0.231. The Labute approximate surface area is 123 Å². The topological polar surface area (TPSA) is 64.4 Å². The van der Waals surface area contributed by atoms with E-state index in [1.54, 1.807) is 13.0 Å². The Kier molecular flexibility index (Phi) is 4.51. The molecule has 2 aromatic rings. The molecule has 0 saturated heterocycles. The maximum atomic E-state index is 13.5. The Hall–Kier alpha value is -1.73. The fourth-order valence-electron chi connectivity index (χ4n) is 1.60. The summed E-state index contributed by atoms with van der Waals surface area (Å²) in [6.45, 7) is 1.99. The van der Waals surface area contributed by atoms with Crippen LogP contribution in [0.2, 0.25) is 0 Å². The average Bonchev–Trinajstić information content (AvgIpc) is 2.85. The van der Waals surface area contributed by atoms with Crippen LogP contribution < -0.4 is 5.32 Å². The number of amides is 1. The number of methoxy groups -OCH3 is 1. The molecule has 0 atom stereocenters. The van der Waals surface area contributed by atoms with Gasteiger partial charge in [0.1, 0.15) is 12.4 Å². The van der Waals surface area contributed by atoms with Crippen molar-refractivity contribution in [1.29, 1.82) is 0 Å². The Balaban J connectivity index is 2.16. The first-order valence-corrected chi connectivity index (χ1v) is 6.52. The minimum atomic E-state index is -0.471. The van der Waals surface area contributed by atoms with E-state index >= 15 is 0 Å². The lowest BCUT2D eigenvalue weighted by atomic mass is 10.2.